The van der Waals surface area contributed by atoms with E-state index in [1.807, 2.05) is 54.2 Å². The highest BCUT2D eigenvalue weighted by Crippen LogP contribution is 2.29. The van der Waals surface area contributed by atoms with Gasteiger partial charge in [-0.2, -0.15) is 0 Å². The molecule has 3 aromatic carbocycles. The number of benzene rings is 3. The first kappa shape index (κ1) is 19.7. The fraction of sp³-hybridized carbons (Fsp3) is 0.182. The zero-order valence-electron chi connectivity index (χ0n) is 15.2. The predicted molar refractivity (Wildman–Crippen MR) is 120 cm³/mol. The van der Waals surface area contributed by atoms with Crippen LogP contribution in [-0.4, -0.2) is 12.3 Å². The van der Waals surface area contributed by atoms with Gasteiger partial charge in [-0.25, -0.2) is 0 Å². The van der Waals surface area contributed by atoms with Gasteiger partial charge in [-0.05, 0) is 59.9 Å². The largest absolute Gasteiger partial charge is 0.398 e. The molecule has 1 unspecified atom stereocenters. The van der Waals surface area contributed by atoms with E-state index in [1.54, 1.807) is 11.9 Å². The van der Waals surface area contributed by atoms with Gasteiger partial charge in [0, 0.05) is 27.7 Å². The molecular weight excluding hydrogens is 370 g/mol. The fourth-order valence-electron chi connectivity index (χ4n) is 2.83. The maximum atomic E-state index is 6.06. The van der Waals surface area contributed by atoms with Crippen LogP contribution in [0.1, 0.15) is 17.9 Å². The monoisotopic (exact) mass is 395 g/mol. The van der Waals surface area contributed by atoms with Gasteiger partial charge in [0.25, 0.3) is 0 Å². The van der Waals surface area contributed by atoms with Gasteiger partial charge >= 0.3 is 0 Å². The molecule has 0 saturated heterocycles. The Morgan fingerprint density at radius 2 is 1.33 bits per heavy atom. The van der Waals surface area contributed by atoms with Crippen molar-refractivity contribution in [2.45, 2.75) is 22.1 Å². The summed E-state index contributed by atoms with van der Waals surface area (Å²) < 4.78 is 3.50. The number of hydrogen-bond acceptors (Lipinski definition) is 5. The van der Waals surface area contributed by atoms with Crippen LogP contribution in [0.3, 0.4) is 0 Å². The van der Waals surface area contributed by atoms with Gasteiger partial charge in [-0.15, -0.1) is 11.8 Å². The molecule has 0 spiro atoms. The molecule has 0 aliphatic heterocycles. The number of para-hydroxylation sites is 2. The molecule has 0 amide bonds. The Labute approximate surface area is 170 Å². The van der Waals surface area contributed by atoms with Crippen LogP contribution in [0.5, 0.6) is 0 Å². The summed E-state index contributed by atoms with van der Waals surface area (Å²) in [5.41, 5.74) is 15.1. The minimum Gasteiger partial charge on any atom is -0.398 e. The van der Waals surface area contributed by atoms with E-state index in [4.69, 9.17) is 11.5 Å². The summed E-state index contributed by atoms with van der Waals surface area (Å²) in [6.07, 6.45) is 1.07. The number of rotatable bonds is 9. The first-order chi connectivity index (χ1) is 13.2. The summed E-state index contributed by atoms with van der Waals surface area (Å²) in [6, 6.07) is 26.7. The van der Waals surface area contributed by atoms with Gasteiger partial charge in [-0.3, -0.25) is 4.72 Å². The molecule has 0 fully saturated rings. The van der Waals surface area contributed by atoms with Gasteiger partial charge in [0.1, 0.15) is 0 Å². The highest BCUT2D eigenvalue weighted by Gasteiger charge is 2.12. The van der Waals surface area contributed by atoms with Crippen molar-refractivity contribution in [2.24, 2.45) is 0 Å². The van der Waals surface area contributed by atoms with E-state index in [1.165, 1.54) is 5.56 Å². The lowest BCUT2D eigenvalue weighted by Gasteiger charge is -2.18. The lowest BCUT2D eigenvalue weighted by atomic mass is 9.97. The molecule has 140 valence electrons. The highest BCUT2D eigenvalue weighted by molar-refractivity contribution is 7.99. The van der Waals surface area contributed by atoms with Crippen molar-refractivity contribution in [3.63, 3.8) is 0 Å². The average molecular weight is 396 g/mol. The van der Waals surface area contributed by atoms with Gasteiger partial charge < -0.3 is 11.5 Å². The van der Waals surface area contributed by atoms with E-state index < -0.39 is 0 Å². The molecule has 5 heteroatoms. The topological polar surface area (TPSA) is 64.1 Å². The van der Waals surface area contributed by atoms with Crippen molar-refractivity contribution in [3.8, 4) is 0 Å². The van der Waals surface area contributed by atoms with Gasteiger partial charge in [0.05, 0.1) is 0 Å². The van der Waals surface area contributed by atoms with Crippen LogP contribution in [-0.2, 0) is 0 Å². The molecule has 0 saturated carbocycles. The number of thioether (sulfide) groups is 1. The van der Waals surface area contributed by atoms with Gasteiger partial charge in [0.15, 0.2) is 0 Å². The molecule has 0 aliphatic rings. The van der Waals surface area contributed by atoms with Crippen molar-refractivity contribution in [1.82, 2.24) is 4.72 Å². The molecule has 0 aliphatic carbocycles. The van der Waals surface area contributed by atoms with E-state index in [2.05, 4.69) is 41.1 Å². The molecule has 0 bridgehead atoms. The number of nitrogens with two attached hydrogens (primary N) is 2. The van der Waals surface area contributed by atoms with Crippen molar-refractivity contribution < 1.29 is 0 Å². The molecule has 1 atom stereocenters. The number of hydrogen-bond donors (Lipinski definition) is 3. The second-order valence-corrected chi connectivity index (χ2v) is 8.34. The molecular formula is C22H25N3S2. The lowest BCUT2D eigenvalue weighted by Crippen LogP contribution is -2.16. The summed E-state index contributed by atoms with van der Waals surface area (Å²) in [7, 11) is 0. The smallest absolute Gasteiger partial charge is 0.0465 e. The normalized spacial score (nSPS) is 12.0. The van der Waals surface area contributed by atoms with E-state index in [0.29, 0.717) is 5.92 Å². The van der Waals surface area contributed by atoms with Crippen LogP contribution < -0.4 is 16.2 Å². The van der Waals surface area contributed by atoms with E-state index in [9.17, 15) is 0 Å². The molecule has 5 N–H and O–H groups in total. The summed E-state index contributed by atoms with van der Waals surface area (Å²) in [5, 5.41) is 0. The summed E-state index contributed by atoms with van der Waals surface area (Å²) in [5.74, 6) is 1.45. The Balaban J connectivity index is 1.58. The molecule has 0 radical (unpaired) electrons. The van der Waals surface area contributed by atoms with Gasteiger partial charge in [0.2, 0.25) is 0 Å². The maximum Gasteiger partial charge on any atom is 0.0465 e. The van der Waals surface area contributed by atoms with Crippen LogP contribution in [0.4, 0.5) is 11.4 Å². The fourth-order valence-corrected chi connectivity index (χ4v) is 4.63. The Bertz CT molecular complexity index is 788. The number of nitrogen functional groups attached to an aromatic ring is 2. The molecule has 0 heterocycles. The molecule has 3 nitrogen and oxygen atoms in total. The third-order valence-electron chi connectivity index (χ3n) is 4.34. The summed E-state index contributed by atoms with van der Waals surface area (Å²) >= 11 is 3.42. The van der Waals surface area contributed by atoms with E-state index in [-0.39, 0.29) is 0 Å². The Morgan fingerprint density at radius 1 is 0.741 bits per heavy atom. The number of nitrogens with one attached hydrogen (secondary N) is 1. The highest BCUT2D eigenvalue weighted by atomic mass is 32.2. The van der Waals surface area contributed by atoms with Crippen LogP contribution in [0.15, 0.2) is 88.7 Å². The Hall–Kier alpha value is -2.08. The third kappa shape index (κ3) is 5.96. The second kappa shape index (κ2) is 10.3. The Kier molecular flexibility index (Phi) is 7.51. The first-order valence-corrected chi connectivity index (χ1v) is 10.8. The van der Waals surface area contributed by atoms with E-state index in [0.717, 1.165) is 39.9 Å². The number of anilines is 2. The predicted octanol–water partition coefficient (Wildman–Crippen LogP) is 5.41. The maximum absolute atomic E-state index is 6.06. The molecule has 0 aromatic heterocycles. The molecule has 3 rings (SSSR count). The van der Waals surface area contributed by atoms with Crippen LogP contribution in [0.2, 0.25) is 0 Å². The third-order valence-corrected chi connectivity index (χ3v) is 6.37. The zero-order chi connectivity index (χ0) is 18.9. The SMILES string of the molecule is Nc1ccccc1SCCC(CNSc1ccccc1N)c1ccccc1. The first-order valence-electron chi connectivity index (χ1n) is 9.00. The van der Waals surface area contributed by atoms with Crippen molar-refractivity contribution >= 4 is 35.1 Å². The van der Waals surface area contributed by atoms with E-state index >= 15 is 0 Å². The standard InChI is InChI=1S/C22H25N3S2/c23-19-10-4-6-12-21(19)26-15-14-18(17-8-2-1-3-9-17)16-25-27-22-13-7-5-11-20(22)24/h1-13,18,25H,14-16,23-24H2. The zero-order valence-corrected chi connectivity index (χ0v) is 16.8. The summed E-state index contributed by atoms with van der Waals surface area (Å²) in [4.78, 5) is 2.22. The van der Waals surface area contributed by atoms with Crippen LogP contribution >= 0.6 is 23.7 Å². The second-order valence-electron chi connectivity index (χ2n) is 6.27. The van der Waals surface area contributed by atoms with Crippen molar-refractivity contribution in [2.75, 3.05) is 23.8 Å². The molecule has 3 aromatic rings. The van der Waals surface area contributed by atoms with Crippen molar-refractivity contribution in [3.05, 3.63) is 84.4 Å². The van der Waals surface area contributed by atoms with Crippen molar-refractivity contribution in [1.29, 1.82) is 0 Å². The Morgan fingerprint density at radius 3 is 2.00 bits per heavy atom. The van der Waals surface area contributed by atoms with Crippen LogP contribution in [0.25, 0.3) is 0 Å². The lowest BCUT2D eigenvalue weighted by molar-refractivity contribution is 0.658. The molecule has 27 heavy (non-hydrogen) atoms. The van der Waals surface area contributed by atoms with Gasteiger partial charge in [-0.1, -0.05) is 54.6 Å². The van der Waals surface area contributed by atoms with Crippen LogP contribution in [0, 0.1) is 0 Å². The summed E-state index contributed by atoms with van der Waals surface area (Å²) in [6.45, 7) is 0.883. The minimum atomic E-state index is 0.432. The quantitative estimate of drug-likeness (QED) is 0.257. The minimum absolute atomic E-state index is 0.432. The average Bonchev–Trinajstić information content (AvgIpc) is 2.70.